The maximum atomic E-state index is 13.7. The molecule has 6 rings (SSSR count). The lowest BCUT2D eigenvalue weighted by molar-refractivity contribution is -0.141. The lowest BCUT2D eigenvalue weighted by Gasteiger charge is -2.22. The zero-order valence-corrected chi connectivity index (χ0v) is 24.2. The highest BCUT2D eigenvalue weighted by Crippen LogP contribution is 2.34. The zero-order valence-electron chi connectivity index (χ0n) is 23.5. The first-order chi connectivity index (χ1) is 21.0. The third kappa shape index (κ3) is 5.60. The molecule has 0 aliphatic carbocycles. The van der Waals surface area contributed by atoms with Crippen molar-refractivity contribution in [2.45, 2.75) is 38.4 Å². The van der Waals surface area contributed by atoms with E-state index < -0.39 is 23.5 Å². The van der Waals surface area contributed by atoms with E-state index in [9.17, 15) is 22.8 Å². The molecule has 1 aliphatic heterocycles. The molecule has 0 fully saturated rings. The first-order valence-corrected chi connectivity index (χ1v) is 14.0. The van der Waals surface area contributed by atoms with Crippen LogP contribution in [0.3, 0.4) is 0 Å². The molecular weight excluding hydrogens is 599 g/mol. The first-order valence-electron chi connectivity index (χ1n) is 13.7. The second-order valence-corrected chi connectivity index (χ2v) is 11.0. The largest absolute Gasteiger partial charge is 0.436 e. The van der Waals surface area contributed by atoms with E-state index in [2.05, 4.69) is 30.7 Å². The summed E-state index contributed by atoms with van der Waals surface area (Å²) in [6, 6.07) is 8.92. The van der Waals surface area contributed by atoms with Gasteiger partial charge in [-0.1, -0.05) is 30.2 Å². The fourth-order valence-corrected chi connectivity index (χ4v) is 5.47. The van der Waals surface area contributed by atoms with Gasteiger partial charge in [0.2, 0.25) is 5.91 Å². The van der Waals surface area contributed by atoms with E-state index in [1.165, 1.54) is 35.2 Å². The van der Waals surface area contributed by atoms with Crippen LogP contribution in [0.5, 0.6) is 0 Å². The van der Waals surface area contributed by atoms with Crippen molar-refractivity contribution in [3.63, 3.8) is 0 Å². The third-order valence-corrected chi connectivity index (χ3v) is 7.83. The van der Waals surface area contributed by atoms with Gasteiger partial charge >= 0.3 is 6.18 Å². The number of rotatable bonds is 3. The van der Waals surface area contributed by atoms with Crippen molar-refractivity contribution in [3.8, 4) is 28.2 Å². The molecule has 0 spiro atoms. The van der Waals surface area contributed by atoms with Crippen LogP contribution < -0.4 is 10.9 Å². The molecule has 1 N–H and O–H groups in total. The van der Waals surface area contributed by atoms with Gasteiger partial charge in [0.05, 0.1) is 53.2 Å². The number of nitrogens with one attached hydrogen (secondary N) is 1. The van der Waals surface area contributed by atoms with Crippen molar-refractivity contribution in [2.75, 3.05) is 5.32 Å². The minimum absolute atomic E-state index is 0.124. The number of carbonyl (C=O) groups is 1. The Labute approximate surface area is 253 Å². The topological polar surface area (TPSA) is 125 Å². The van der Waals surface area contributed by atoms with Gasteiger partial charge in [0.25, 0.3) is 5.56 Å². The predicted molar refractivity (Wildman–Crippen MR) is 155 cm³/mol. The summed E-state index contributed by atoms with van der Waals surface area (Å²) in [6.07, 6.45) is 2.39. The van der Waals surface area contributed by atoms with Crippen molar-refractivity contribution < 1.29 is 18.0 Å². The highest BCUT2D eigenvalue weighted by molar-refractivity contribution is 6.31. The maximum Gasteiger partial charge on any atom is 0.436 e. The van der Waals surface area contributed by atoms with Crippen LogP contribution >= 0.6 is 11.6 Å². The summed E-state index contributed by atoms with van der Waals surface area (Å²) in [7, 11) is 1.78. The highest BCUT2D eigenvalue weighted by atomic mass is 35.5. The number of alkyl halides is 3. The van der Waals surface area contributed by atoms with E-state index in [4.69, 9.17) is 11.6 Å². The molecule has 15 heteroatoms. The van der Waals surface area contributed by atoms with E-state index in [0.29, 0.717) is 46.9 Å². The van der Waals surface area contributed by atoms with Crippen LogP contribution in [0, 0.1) is 5.92 Å². The molecule has 5 aromatic rings. The average molecular weight is 624 g/mol. The third-order valence-electron chi connectivity index (χ3n) is 7.59. The minimum Gasteiger partial charge on any atom is -0.323 e. The van der Waals surface area contributed by atoms with Crippen LogP contribution in [0.25, 0.3) is 28.2 Å². The standard InChI is InChI=1S/C29H25ClF3N9O2/c1-16-4-3-5-24(21-10-17(8-9-34-21)27-22(37-28(16)44)13-36-40(27)2)41-15-35-20(12-26(41)43)19-11-18(30)6-7-23(19)42-14-25(38-39-42)29(31,32)33/h6-16,24H,3-5H2,1-2H3,(H,37,44). The summed E-state index contributed by atoms with van der Waals surface area (Å²) in [4.78, 5) is 35.7. The van der Waals surface area contributed by atoms with Crippen LogP contribution in [-0.4, -0.2) is 45.2 Å². The Morgan fingerprint density at radius 3 is 2.64 bits per heavy atom. The zero-order chi connectivity index (χ0) is 31.2. The molecule has 226 valence electrons. The number of amides is 1. The Kier molecular flexibility index (Phi) is 7.53. The van der Waals surface area contributed by atoms with Gasteiger partial charge in [-0.25, -0.2) is 9.67 Å². The van der Waals surface area contributed by atoms with Crippen molar-refractivity contribution in [3.05, 3.63) is 88.1 Å². The number of benzene rings is 1. The summed E-state index contributed by atoms with van der Waals surface area (Å²) in [5.74, 6) is -0.413. The smallest absolute Gasteiger partial charge is 0.323 e. The number of nitrogens with zero attached hydrogens (tertiary/aromatic N) is 8. The van der Waals surface area contributed by atoms with E-state index in [-0.39, 0.29) is 23.2 Å². The summed E-state index contributed by atoms with van der Waals surface area (Å²) in [5, 5.41) is 14.4. The molecule has 1 aliphatic rings. The lowest BCUT2D eigenvalue weighted by Crippen LogP contribution is -2.27. The number of pyridine rings is 1. The Morgan fingerprint density at radius 1 is 1.07 bits per heavy atom. The van der Waals surface area contributed by atoms with E-state index in [1.807, 2.05) is 19.1 Å². The normalized spacial score (nSPS) is 17.4. The number of anilines is 1. The molecule has 0 saturated carbocycles. The van der Waals surface area contributed by atoms with E-state index in [0.717, 1.165) is 16.4 Å². The number of hydrogen-bond donors (Lipinski definition) is 1. The van der Waals surface area contributed by atoms with Gasteiger partial charge in [0, 0.05) is 41.4 Å². The molecule has 0 radical (unpaired) electrons. The molecule has 1 aromatic carbocycles. The number of fused-ring (bicyclic) bond motifs is 4. The summed E-state index contributed by atoms with van der Waals surface area (Å²) in [6.45, 7) is 1.85. The number of aryl methyl sites for hydroxylation is 1. The van der Waals surface area contributed by atoms with Crippen LogP contribution in [-0.2, 0) is 18.0 Å². The molecular formula is C29H25ClF3N9O2. The first kappa shape index (κ1) is 29.2. The molecule has 11 nitrogen and oxygen atoms in total. The fraction of sp³-hybridized carbons (Fsp3) is 0.276. The summed E-state index contributed by atoms with van der Waals surface area (Å²) in [5.41, 5.74) is 1.78. The second kappa shape index (κ2) is 11.3. The Balaban J connectivity index is 1.42. The van der Waals surface area contributed by atoms with Crippen molar-refractivity contribution in [2.24, 2.45) is 13.0 Å². The van der Waals surface area contributed by atoms with Gasteiger partial charge in [0.1, 0.15) is 0 Å². The SMILES string of the molecule is CC1CCCC(n2cnc(-c3cc(Cl)ccc3-n3cc(C(F)(F)F)nn3)cc2=O)c2cc(ccn2)-c2c(cnn2C)NC1=O. The van der Waals surface area contributed by atoms with Crippen LogP contribution in [0.4, 0.5) is 18.9 Å². The monoisotopic (exact) mass is 623 g/mol. The van der Waals surface area contributed by atoms with Gasteiger partial charge in [-0.2, -0.15) is 18.3 Å². The summed E-state index contributed by atoms with van der Waals surface area (Å²) >= 11 is 6.23. The van der Waals surface area contributed by atoms with Crippen LogP contribution in [0.1, 0.15) is 43.6 Å². The quantitative estimate of drug-likeness (QED) is 0.289. The Hall–Kier alpha value is -4.85. The molecule has 0 saturated heterocycles. The average Bonchev–Trinajstić information content (AvgIpc) is 3.62. The van der Waals surface area contributed by atoms with Crippen LogP contribution in [0.2, 0.25) is 5.02 Å². The fourth-order valence-electron chi connectivity index (χ4n) is 5.30. The number of halogens is 4. The summed E-state index contributed by atoms with van der Waals surface area (Å²) < 4.78 is 43.7. The van der Waals surface area contributed by atoms with Crippen molar-refractivity contribution >= 4 is 23.2 Å². The molecule has 2 bridgehead atoms. The molecule has 5 heterocycles. The van der Waals surface area contributed by atoms with E-state index >= 15 is 0 Å². The molecule has 2 unspecified atom stereocenters. The highest BCUT2D eigenvalue weighted by Gasteiger charge is 2.35. The molecule has 44 heavy (non-hydrogen) atoms. The lowest BCUT2D eigenvalue weighted by atomic mass is 9.97. The van der Waals surface area contributed by atoms with Gasteiger partial charge in [-0.3, -0.25) is 23.8 Å². The van der Waals surface area contributed by atoms with Gasteiger partial charge in [-0.15, -0.1) is 5.10 Å². The minimum atomic E-state index is -4.68. The molecule has 2 atom stereocenters. The number of aromatic nitrogens is 8. The van der Waals surface area contributed by atoms with E-state index in [1.54, 1.807) is 24.1 Å². The number of carbonyl (C=O) groups excluding carboxylic acids is 1. The Bertz CT molecular complexity index is 1930. The van der Waals surface area contributed by atoms with Crippen LogP contribution in [0.15, 0.2) is 66.1 Å². The van der Waals surface area contributed by atoms with Crippen molar-refractivity contribution in [1.82, 2.24) is 39.3 Å². The number of hydrogen-bond acceptors (Lipinski definition) is 7. The molecule has 1 amide bonds. The van der Waals surface area contributed by atoms with Gasteiger partial charge in [-0.05, 0) is 43.2 Å². The van der Waals surface area contributed by atoms with Gasteiger partial charge in [0.15, 0.2) is 5.69 Å². The Morgan fingerprint density at radius 2 is 1.89 bits per heavy atom. The molecule has 4 aromatic heterocycles. The predicted octanol–water partition coefficient (Wildman–Crippen LogP) is 5.31. The maximum absolute atomic E-state index is 13.7. The van der Waals surface area contributed by atoms with Crippen molar-refractivity contribution in [1.29, 1.82) is 0 Å². The second-order valence-electron chi connectivity index (χ2n) is 10.6. The van der Waals surface area contributed by atoms with Gasteiger partial charge < -0.3 is 5.32 Å².